The van der Waals surface area contributed by atoms with Crippen molar-refractivity contribution in [2.24, 2.45) is 0 Å². The van der Waals surface area contributed by atoms with Crippen LogP contribution in [0, 0.1) is 0 Å². The van der Waals surface area contributed by atoms with Crippen molar-refractivity contribution in [3.05, 3.63) is 329 Å². The Labute approximate surface area is 541 Å². The molecule has 16 rings (SSSR count). The molecule has 2 heterocycles. The maximum Gasteiger partial charge on any atom is 0.0709 e. The fourth-order valence-corrected chi connectivity index (χ4v) is 15.0. The van der Waals surface area contributed by atoms with Crippen molar-refractivity contribution in [1.29, 1.82) is 0 Å². The van der Waals surface area contributed by atoms with Gasteiger partial charge in [-0.15, -0.1) is 9.24 Å². The van der Waals surface area contributed by atoms with Crippen LogP contribution >= 0.6 is 9.24 Å². The molecule has 0 fully saturated rings. The van der Waals surface area contributed by atoms with E-state index in [1.54, 1.807) is 0 Å². The number of rotatable bonds is 9. The first-order valence-corrected chi connectivity index (χ1v) is 32.7. The van der Waals surface area contributed by atoms with E-state index < -0.39 is 0 Å². The molecule has 1 aliphatic rings. The van der Waals surface area contributed by atoms with E-state index in [1.807, 2.05) is 0 Å². The number of nitrogens with zero attached hydrogens (tertiary/aromatic N) is 2. The Morgan fingerprint density at radius 2 is 0.670 bits per heavy atom. The van der Waals surface area contributed by atoms with Gasteiger partial charge in [0.2, 0.25) is 0 Å². The molecule has 2 aromatic heterocycles. The number of aromatic nitrogens is 2. The molecule has 1 unspecified atom stereocenters. The van der Waals surface area contributed by atoms with Crippen molar-refractivity contribution in [1.82, 2.24) is 9.13 Å². The first-order chi connectivity index (χ1) is 43.6. The van der Waals surface area contributed by atoms with Gasteiger partial charge >= 0.3 is 0 Å². The third-order valence-corrected chi connectivity index (χ3v) is 20.2. The third kappa shape index (κ3) is 10.3. The first kappa shape index (κ1) is 60.6. The van der Waals surface area contributed by atoms with Crippen molar-refractivity contribution in [2.75, 3.05) is 6.06 Å². The summed E-state index contributed by atoms with van der Waals surface area (Å²) in [5, 5.41) is 13.1. The summed E-state index contributed by atoms with van der Waals surface area (Å²) in [6.07, 6.45) is 1.02. The van der Waals surface area contributed by atoms with Crippen molar-refractivity contribution in [3.63, 3.8) is 0 Å². The molecule has 15 aromatic rings. The molecule has 1 aliphatic carbocycles. The Morgan fingerprint density at radius 3 is 1.16 bits per heavy atom. The van der Waals surface area contributed by atoms with Crippen molar-refractivity contribution < 1.29 is 0 Å². The quantitative estimate of drug-likeness (QED) is 0.0774. The molecule has 0 spiro atoms. The number of fused-ring (bicyclic) bond motifs is 15. The van der Waals surface area contributed by atoms with Gasteiger partial charge in [0.05, 0.1) is 24.4 Å². The standard InChI is InChI=1S/C43H36.C42H36N2.CH4BP.CH4/c1-42(2,31-24-25-38-36-16-8-7-14-34(36)35-15-9-10-17-37(35)39(38)27-31)29-20-22-30(23-21-29)43(3,4)41-19-11-18-33-32-13-6-5-12-28(32)26-40(33)41;1-41(2,30-25-27-32(28-26-30)43-37-17-9-5-13-33(37)34-14-6-10-18-38(34)43)29-21-23-31(24-22-29)42(3,4)44-39-19-11-7-15-35(39)36-16-8-12-20-40(36)44;2-1-3;/h5-25,27H,26H2,1-4H3;5-28H,1-4H3;1,3H2;1H4. The molecule has 0 bridgehead atoms. The number of hydrogen-bond acceptors (Lipinski definition) is 0. The molecule has 2 nitrogen and oxygen atoms in total. The summed E-state index contributed by atoms with van der Waals surface area (Å²) in [5.41, 5.74) is 20.7. The van der Waals surface area contributed by atoms with Gasteiger partial charge in [0.15, 0.2) is 0 Å². The Kier molecular flexibility index (Phi) is 15.9. The molecule has 0 N–H and O–H groups in total. The van der Waals surface area contributed by atoms with Gasteiger partial charge in [0.1, 0.15) is 0 Å². The molecule has 0 amide bonds. The summed E-state index contributed by atoms with van der Waals surface area (Å²) >= 11 is 0. The predicted molar refractivity (Wildman–Crippen MR) is 399 cm³/mol. The summed E-state index contributed by atoms with van der Waals surface area (Å²) in [7, 11) is 7.17. The highest BCUT2D eigenvalue weighted by atomic mass is 31.0. The van der Waals surface area contributed by atoms with Gasteiger partial charge in [-0.1, -0.05) is 292 Å². The van der Waals surface area contributed by atoms with Crippen LogP contribution in [0.3, 0.4) is 0 Å². The van der Waals surface area contributed by atoms with Crippen LogP contribution < -0.4 is 0 Å². The highest BCUT2D eigenvalue weighted by Crippen LogP contribution is 2.46. The summed E-state index contributed by atoms with van der Waals surface area (Å²) in [6.45, 7) is 18.8. The lowest BCUT2D eigenvalue weighted by molar-refractivity contribution is 0.464. The highest BCUT2D eigenvalue weighted by Gasteiger charge is 2.33. The van der Waals surface area contributed by atoms with Gasteiger partial charge in [0.25, 0.3) is 0 Å². The van der Waals surface area contributed by atoms with Crippen LogP contribution in [-0.4, -0.2) is 23.0 Å². The Hall–Kier alpha value is -9.27. The molecule has 91 heavy (non-hydrogen) atoms. The Bertz CT molecular complexity index is 5050. The summed E-state index contributed by atoms with van der Waals surface area (Å²) < 4.78 is 4.89. The normalized spacial score (nSPS) is 12.4. The summed E-state index contributed by atoms with van der Waals surface area (Å²) in [6, 6.07) is 104. The van der Waals surface area contributed by atoms with Crippen LogP contribution in [0.2, 0.25) is 0 Å². The van der Waals surface area contributed by atoms with E-state index in [2.05, 4.69) is 353 Å². The number of hydrogen-bond donors (Lipinski definition) is 0. The highest BCUT2D eigenvalue weighted by molar-refractivity contribution is 7.19. The third-order valence-electron chi connectivity index (χ3n) is 20.2. The molecule has 0 aliphatic heterocycles. The molecular formula is C87H80BN2P. The topological polar surface area (TPSA) is 9.86 Å². The molecule has 4 heteroatoms. The second-order valence-corrected chi connectivity index (χ2v) is 27.1. The fraction of sp³-hybridized carbons (Fsp3) is 0.172. The van der Waals surface area contributed by atoms with Crippen LogP contribution in [-0.2, 0) is 28.2 Å². The minimum Gasteiger partial charge on any atom is -0.331 e. The van der Waals surface area contributed by atoms with Gasteiger partial charge in [0, 0.05) is 54.5 Å². The lowest BCUT2D eigenvalue weighted by Gasteiger charge is -2.32. The van der Waals surface area contributed by atoms with Gasteiger partial charge in [-0.05, 0) is 156 Å². The van der Waals surface area contributed by atoms with Gasteiger partial charge in [-0.25, -0.2) is 0 Å². The smallest absolute Gasteiger partial charge is 0.0709 e. The molecular weight excluding hydrogens is 1110 g/mol. The fourth-order valence-electron chi connectivity index (χ4n) is 15.0. The summed E-state index contributed by atoms with van der Waals surface area (Å²) in [4.78, 5) is 0. The largest absolute Gasteiger partial charge is 0.331 e. The average Bonchev–Trinajstić information content (AvgIpc) is 1.80. The van der Waals surface area contributed by atoms with E-state index in [0.717, 1.165) is 6.42 Å². The van der Waals surface area contributed by atoms with E-state index >= 15 is 0 Å². The van der Waals surface area contributed by atoms with E-state index in [0.29, 0.717) is 6.06 Å². The van der Waals surface area contributed by atoms with E-state index in [-0.39, 0.29) is 29.2 Å². The van der Waals surface area contributed by atoms with Crippen molar-refractivity contribution >= 4 is 93.0 Å². The van der Waals surface area contributed by atoms with Gasteiger partial charge in [-0.2, -0.15) is 0 Å². The monoisotopic (exact) mass is 1190 g/mol. The zero-order valence-electron chi connectivity index (χ0n) is 53.0. The second kappa shape index (κ2) is 23.8. The van der Waals surface area contributed by atoms with Crippen molar-refractivity contribution in [2.45, 2.75) is 91.0 Å². The molecule has 1 atom stereocenters. The lowest BCUT2D eigenvalue weighted by Crippen LogP contribution is -2.28. The minimum atomic E-state index is -0.227. The summed E-state index contributed by atoms with van der Waals surface area (Å²) in [5.74, 6) is 0. The minimum absolute atomic E-state index is 0. The zero-order chi connectivity index (χ0) is 62.1. The van der Waals surface area contributed by atoms with Crippen LogP contribution in [0.1, 0.15) is 113 Å². The molecule has 0 saturated heterocycles. The number of para-hydroxylation sites is 4. The van der Waals surface area contributed by atoms with Crippen LogP contribution in [0.5, 0.6) is 0 Å². The number of benzene rings is 13. The zero-order valence-corrected chi connectivity index (χ0v) is 54.2. The van der Waals surface area contributed by atoms with E-state index in [1.165, 1.54) is 143 Å². The van der Waals surface area contributed by atoms with Crippen LogP contribution in [0.15, 0.2) is 279 Å². The first-order valence-electron chi connectivity index (χ1n) is 31.9. The predicted octanol–water partition coefficient (Wildman–Crippen LogP) is 23.0. The maximum atomic E-state index is 4.81. The van der Waals surface area contributed by atoms with Gasteiger partial charge < -0.3 is 9.13 Å². The van der Waals surface area contributed by atoms with E-state index in [9.17, 15) is 0 Å². The molecule has 2 radical (unpaired) electrons. The molecule has 0 saturated carbocycles. The Balaban J connectivity index is 0.000000158. The molecule has 13 aromatic carbocycles. The maximum absolute atomic E-state index is 4.81. The van der Waals surface area contributed by atoms with Gasteiger partial charge in [-0.3, -0.25) is 0 Å². The van der Waals surface area contributed by atoms with Crippen molar-refractivity contribution in [3.8, 4) is 16.8 Å². The second-order valence-electron chi connectivity index (χ2n) is 26.6. The lowest BCUT2D eigenvalue weighted by atomic mass is 9.73. The molecule has 446 valence electrons. The average molecular weight is 1200 g/mol. The Morgan fingerprint density at radius 1 is 0.330 bits per heavy atom. The van der Waals surface area contributed by atoms with Crippen LogP contribution in [0.25, 0.3) is 92.7 Å². The van der Waals surface area contributed by atoms with Crippen LogP contribution in [0.4, 0.5) is 0 Å². The SMILES string of the molecule is C.CC(C)(c1ccc(-n2c3ccccc3c3ccccc32)cc1)c1ccc(C(C)(C)n2c3ccccc3c3ccccc32)cc1.CC(C)(c1ccc(C(C)(C)c2cccc3c2Cc2ccccc2-3)cc1)c1ccc2c3ccccc3c3ccccc3c2c1.[B]CP. The van der Waals surface area contributed by atoms with E-state index in [4.69, 9.17) is 7.85 Å².